The molecule has 0 atom stereocenters. The van der Waals surface area contributed by atoms with Gasteiger partial charge in [-0.3, -0.25) is 0 Å². The van der Waals surface area contributed by atoms with Crippen LogP contribution in [0, 0.1) is 0 Å². The molecule has 1 aromatic rings. The Morgan fingerprint density at radius 1 is 1.42 bits per heavy atom. The third kappa shape index (κ3) is 1.40. The van der Waals surface area contributed by atoms with E-state index in [0.29, 0.717) is 5.41 Å². The van der Waals surface area contributed by atoms with Crippen molar-refractivity contribution in [1.82, 2.24) is 0 Å². The zero-order valence-corrected chi connectivity index (χ0v) is 9.03. The highest BCUT2D eigenvalue weighted by Crippen LogP contribution is 2.49. The van der Waals surface area contributed by atoms with Crippen LogP contribution in [0.15, 0.2) is 28.7 Å². The molecular weight excluding hydrogens is 235 g/mol. The van der Waals surface area contributed by atoms with E-state index in [4.69, 9.17) is 11.6 Å². The molecule has 0 amide bonds. The smallest absolute Gasteiger partial charge is 0.0320 e. The molecule has 1 saturated carbocycles. The number of halogens is 2. The Kier molecular flexibility index (Phi) is 2.18. The Balaban J connectivity index is 2.34. The minimum atomic E-state index is 0.311. The molecule has 2 heteroatoms. The van der Waals surface area contributed by atoms with E-state index in [2.05, 4.69) is 34.1 Å². The molecule has 0 spiro atoms. The monoisotopic (exact) mass is 244 g/mol. The second-order valence-corrected chi connectivity index (χ2v) is 4.61. The summed E-state index contributed by atoms with van der Waals surface area (Å²) in [5.74, 6) is 0.753. The molecular formula is C10H10BrCl. The summed E-state index contributed by atoms with van der Waals surface area (Å²) in [6.45, 7) is 0. The van der Waals surface area contributed by atoms with Gasteiger partial charge in [-0.1, -0.05) is 28.1 Å². The van der Waals surface area contributed by atoms with Crippen molar-refractivity contribution in [2.75, 3.05) is 5.88 Å². The van der Waals surface area contributed by atoms with E-state index in [1.54, 1.807) is 0 Å². The predicted octanol–water partition coefficient (Wildman–Crippen LogP) is 3.72. The number of hydrogen-bond donors (Lipinski definition) is 0. The van der Waals surface area contributed by atoms with Crippen molar-refractivity contribution >= 4 is 27.5 Å². The van der Waals surface area contributed by atoms with Gasteiger partial charge in [0.15, 0.2) is 0 Å². The Bertz CT molecular complexity index is 292. The van der Waals surface area contributed by atoms with Gasteiger partial charge in [-0.2, -0.15) is 0 Å². The minimum Gasteiger partial charge on any atom is -0.126 e. The van der Waals surface area contributed by atoms with Gasteiger partial charge in [-0.05, 0) is 30.5 Å². The molecule has 0 N–H and O–H groups in total. The second-order valence-electron chi connectivity index (χ2n) is 3.42. The van der Waals surface area contributed by atoms with Gasteiger partial charge in [0.25, 0.3) is 0 Å². The molecule has 0 nitrogen and oxygen atoms in total. The Hall–Kier alpha value is -0.0100. The van der Waals surface area contributed by atoms with Gasteiger partial charge in [-0.25, -0.2) is 0 Å². The van der Waals surface area contributed by atoms with Crippen LogP contribution in [-0.2, 0) is 5.41 Å². The molecule has 0 unspecified atom stereocenters. The molecule has 0 saturated heterocycles. The first-order chi connectivity index (χ1) is 5.77. The van der Waals surface area contributed by atoms with Crippen LogP contribution >= 0.6 is 27.5 Å². The zero-order valence-electron chi connectivity index (χ0n) is 6.69. The molecule has 1 aromatic carbocycles. The van der Waals surface area contributed by atoms with Crippen molar-refractivity contribution in [1.29, 1.82) is 0 Å². The fourth-order valence-electron chi connectivity index (χ4n) is 1.47. The second kappa shape index (κ2) is 3.04. The van der Waals surface area contributed by atoms with Gasteiger partial charge < -0.3 is 0 Å². The zero-order chi connectivity index (χ0) is 8.60. The highest BCUT2D eigenvalue weighted by atomic mass is 79.9. The standard InChI is InChI=1S/C10H10BrCl/c11-9-3-1-2-8(6-9)10(7-12)4-5-10/h1-3,6H,4-5,7H2. The first-order valence-corrected chi connectivity index (χ1v) is 5.42. The van der Waals surface area contributed by atoms with Crippen molar-refractivity contribution in [3.63, 3.8) is 0 Å². The van der Waals surface area contributed by atoms with Gasteiger partial charge >= 0.3 is 0 Å². The van der Waals surface area contributed by atoms with E-state index in [9.17, 15) is 0 Å². The first-order valence-electron chi connectivity index (χ1n) is 4.09. The maximum absolute atomic E-state index is 5.93. The molecule has 12 heavy (non-hydrogen) atoms. The van der Waals surface area contributed by atoms with E-state index in [-0.39, 0.29) is 0 Å². The fraction of sp³-hybridized carbons (Fsp3) is 0.400. The van der Waals surface area contributed by atoms with Gasteiger partial charge in [0.05, 0.1) is 0 Å². The van der Waals surface area contributed by atoms with E-state index in [1.165, 1.54) is 18.4 Å². The highest BCUT2D eigenvalue weighted by Gasteiger charge is 2.43. The summed E-state index contributed by atoms with van der Waals surface area (Å²) in [5, 5.41) is 0. The van der Waals surface area contributed by atoms with Crippen molar-refractivity contribution in [2.45, 2.75) is 18.3 Å². The van der Waals surface area contributed by atoms with Crippen molar-refractivity contribution in [3.05, 3.63) is 34.3 Å². The first kappa shape index (κ1) is 8.58. The number of hydrogen-bond acceptors (Lipinski definition) is 0. The molecule has 1 aliphatic carbocycles. The summed E-state index contributed by atoms with van der Waals surface area (Å²) < 4.78 is 1.15. The van der Waals surface area contributed by atoms with Gasteiger partial charge in [0.2, 0.25) is 0 Å². The lowest BCUT2D eigenvalue weighted by atomic mass is 9.99. The third-order valence-electron chi connectivity index (χ3n) is 2.55. The fourth-order valence-corrected chi connectivity index (χ4v) is 2.29. The molecule has 1 fully saturated rings. The number of benzene rings is 1. The van der Waals surface area contributed by atoms with Crippen LogP contribution in [0.2, 0.25) is 0 Å². The SMILES string of the molecule is ClCC1(c2cccc(Br)c2)CC1. The van der Waals surface area contributed by atoms with Crippen molar-refractivity contribution < 1.29 is 0 Å². The molecule has 0 aliphatic heterocycles. The maximum atomic E-state index is 5.93. The molecule has 0 bridgehead atoms. The highest BCUT2D eigenvalue weighted by molar-refractivity contribution is 9.10. The van der Waals surface area contributed by atoms with E-state index >= 15 is 0 Å². The van der Waals surface area contributed by atoms with E-state index in [0.717, 1.165) is 10.4 Å². The maximum Gasteiger partial charge on any atom is 0.0320 e. The Morgan fingerprint density at radius 2 is 2.17 bits per heavy atom. The molecule has 2 rings (SSSR count). The van der Waals surface area contributed by atoms with Crippen LogP contribution in [0.1, 0.15) is 18.4 Å². The topological polar surface area (TPSA) is 0 Å². The normalized spacial score (nSPS) is 19.2. The Labute approximate surface area is 86.1 Å². The van der Waals surface area contributed by atoms with Gasteiger partial charge in [0.1, 0.15) is 0 Å². The average molecular weight is 246 g/mol. The average Bonchev–Trinajstić information content (AvgIpc) is 2.84. The van der Waals surface area contributed by atoms with Crippen LogP contribution < -0.4 is 0 Å². The molecule has 0 heterocycles. The summed E-state index contributed by atoms with van der Waals surface area (Å²) in [7, 11) is 0. The van der Waals surface area contributed by atoms with Gasteiger partial charge in [-0.15, -0.1) is 11.6 Å². The quantitative estimate of drug-likeness (QED) is 0.697. The predicted molar refractivity (Wildman–Crippen MR) is 55.8 cm³/mol. The summed E-state index contributed by atoms with van der Waals surface area (Å²) in [4.78, 5) is 0. The van der Waals surface area contributed by atoms with Crippen molar-refractivity contribution in [2.24, 2.45) is 0 Å². The molecule has 64 valence electrons. The lowest BCUT2D eigenvalue weighted by Crippen LogP contribution is -2.07. The summed E-state index contributed by atoms with van der Waals surface area (Å²) >= 11 is 9.40. The van der Waals surface area contributed by atoms with Crippen LogP contribution in [0.3, 0.4) is 0 Å². The molecule has 1 aliphatic rings. The van der Waals surface area contributed by atoms with E-state index in [1.807, 2.05) is 6.07 Å². The number of rotatable bonds is 2. The van der Waals surface area contributed by atoms with Crippen LogP contribution in [0.25, 0.3) is 0 Å². The van der Waals surface area contributed by atoms with Crippen LogP contribution in [0.4, 0.5) is 0 Å². The summed E-state index contributed by atoms with van der Waals surface area (Å²) in [6.07, 6.45) is 2.49. The van der Waals surface area contributed by atoms with Crippen molar-refractivity contribution in [3.8, 4) is 0 Å². The lowest BCUT2D eigenvalue weighted by molar-refractivity contribution is 0.796. The summed E-state index contributed by atoms with van der Waals surface area (Å²) in [5.41, 5.74) is 1.69. The molecule has 0 aromatic heterocycles. The van der Waals surface area contributed by atoms with Crippen LogP contribution in [0.5, 0.6) is 0 Å². The number of alkyl halides is 1. The minimum absolute atomic E-state index is 0.311. The van der Waals surface area contributed by atoms with Gasteiger partial charge in [0, 0.05) is 15.8 Å². The summed E-state index contributed by atoms with van der Waals surface area (Å²) in [6, 6.07) is 8.47. The molecule has 0 radical (unpaired) electrons. The lowest BCUT2D eigenvalue weighted by Gasteiger charge is -2.11. The van der Waals surface area contributed by atoms with Crippen LogP contribution in [-0.4, -0.2) is 5.88 Å². The Morgan fingerprint density at radius 3 is 2.67 bits per heavy atom. The van der Waals surface area contributed by atoms with E-state index < -0.39 is 0 Å². The largest absolute Gasteiger partial charge is 0.126 e. The third-order valence-corrected chi connectivity index (χ3v) is 3.55.